The first-order chi connectivity index (χ1) is 5.22. The Labute approximate surface area is 72.9 Å². The number of hydrogen-bond acceptors (Lipinski definition) is 2. The van der Waals surface area contributed by atoms with Gasteiger partial charge in [0.1, 0.15) is 5.38 Å². The van der Waals surface area contributed by atoms with E-state index in [1.54, 1.807) is 0 Å². The van der Waals surface area contributed by atoms with Gasteiger partial charge in [-0.15, -0.1) is 11.6 Å². The lowest BCUT2D eigenvalue weighted by Gasteiger charge is -2.05. The van der Waals surface area contributed by atoms with E-state index in [0.29, 0.717) is 0 Å². The molecule has 1 atom stereocenters. The van der Waals surface area contributed by atoms with Crippen LogP contribution in [0.2, 0.25) is 0 Å². The molecule has 0 heterocycles. The van der Waals surface area contributed by atoms with Crippen molar-refractivity contribution in [3.05, 3.63) is 0 Å². The highest BCUT2D eigenvalue weighted by Gasteiger charge is 2.13. The van der Waals surface area contributed by atoms with Gasteiger partial charge < -0.3 is 4.74 Å². The number of methoxy groups -OCH3 is 1. The molecule has 11 heavy (non-hydrogen) atoms. The van der Waals surface area contributed by atoms with Gasteiger partial charge in [0.05, 0.1) is 7.11 Å². The van der Waals surface area contributed by atoms with Gasteiger partial charge in [-0.3, -0.25) is 4.79 Å². The molecule has 0 saturated heterocycles. The summed E-state index contributed by atoms with van der Waals surface area (Å²) in [5.74, 6) is -0.317. The lowest BCUT2D eigenvalue weighted by molar-refractivity contribution is -0.140. The normalized spacial score (nSPS) is 12.6. The summed E-state index contributed by atoms with van der Waals surface area (Å²) in [5, 5.41) is -0.452. The predicted octanol–water partition coefficient (Wildman–Crippen LogP) is 2.35. The highest BCUT2D eigenvalue weighted by atomic mass is 35.5. The monoisotopic (exact) mass is 178 g/mol. The van der Waals surface area contributed by atoms with E-state index in [-0.39, 0.29) is 5.97 Å². The van der Waals surface area contributed by atoms with Crippen molar-refractivity contribution in [2.75, 3.05) is 7.11 Å². The molecular formula is C8H15ClO2. The standard InChI is InChI=1S/C8H15ClO2/c1-3-4-5-6-7(9)8(10)11-2/h7H,3-6H2,1-2H3/t7-/m0/s1. The van der Waals surface area contributed by atoms with Crippen LogP contribution in [0.15, 0.2) is 0 Å². The molecule has 0 fully saturated rings. The van der Waals surface area contributed by atoms with Gasteiger partial charge in [0.25, 0.3) is 0 Å². The number of carbonyl (C=O) groups excluding carboxylic acids is 1. The molecule has 0 spiro atoms. The van der Waals surface area contributed by atoms with Crippen LogP contribution in [-0.2, 0) is 9.53 Å². The second-order valence-electron chi connectivity index (χ2n) is 2.49. The fourth-order valence-corrected chi connectivity index (χ4v) is 1.06. The Morgan fingerprint density at radius 1 is 1.55 bits per heavy atom. The zero-order valence-corrected chi connectivity index (χ0v) is 7.86. The first-order valence-corrected chi connectivity index (χ1v) is 4.38. The third-order valence-electron chi connectivity index (χ3n) is 1.52. The number of ether oxygens (including phenoxy) is 1. The Morgan fingerprint density at radius 3 is 2.64 bits per heavy atom. The number of esters is 1. The largest absolute Gasteiger partial charge is 0.468 e. The quantitative estimate of drug-likeness (QED) is 0.367. The zero-order valence-electron chi connectivity index (χ0n) is 7.10. The summed E-state index contributed by atoms with van der Waals surface area (Å²) in [5.41, 5.74) is 0. The smallest absolute Gasteiger partial charge is 0.323 e. The summed E-state index contributed by atoms with van der Waals surface area (Å²) in [4.78, 5) is 10.8. The number of halogens is 1. The molecule has 66 valence electrons. The maximum absolute atomic E-state index is 10.8. The van der Waals surface area contributed by atoms with Crippen molar-refractivity contribution < 1.29 is 9.53 Å². The Bertz CT molecular complexity index is 115. The minimum Gasteiger partial charge on any atom is -0.468 e. The molecule has 0 bridgehead atoms. The average molecular weight is 179 g/mol. The number of rotatable bonds is 5. The molecule has 0 N–H and O–H groups in total. The molecule has 0 radical (unpaired) electrons. The summed E-state index contributed by atoms with van der Waals surface area (Å²) in [7, 11) is 1.36. The van der Waals surface area contributed by atoms with Crippen molar-refractivity contribution in [3.63, 3.8) is 0 Å². The van der Waals surface area contributed by atoms with Crippen LogP contribution in [0.1, 0.15) is 32.6 Å². The second-order valence-corrected chi connectivity index (χ2v) is 3.01. The fraction of sp³-hybridized carbons (Fsp3) is 0.875. The average Bonchev–Trinajstić information content (AvgIpc) is 2.03. The second kappa shape index (κ2) is 6.47. The lowest BCUT2D eigenvalue weighted by Crippen LogP contribution is -2.15. The molecule has 0 aromatic rings. The first-order valence-electron chi connectivity index (χ1n) is 3.94. The van der Waals surface area contributed by atoms with Crippen LogP contribution in [0.25, 0.3) is 0 Å². The van der Waals surface area contributed by atoms with Crippen molar-refractivity contribution in [1.82, 2.24) is 0 Å². The predicted molar refractivity (Wildman–Crippen MR) is 45.8 cm³/mol. The molecule has 0 rings (SSSR count). The molecular weight excluding hydrogens is 164 g/mol. The Morgan fingerprint density at radius 2 is 2.18 bits per heavy atom. The van der Waals surface area contributed by atoms with E-state index in [1.165, 1.54) is 7.11 Å². The van der Waals surface area contributed by atoms with E-state index >= 15 is 0 Å². The van der Waals surface area contributed by atoms with E-state index in [1.807, 2.05) is 0 Å². The number of unbranched alkanes of at least 4 members (excludes halogenated alkanes) is 2. The maximum atomic E-state index is 10.8. The van der Waals surface area contributed by atoms with Crippen LogP contribution in [0.3, 0.4) is 0 Å². The van der Waals surface area contributed by atoms with E-state index in [2.05, 4.69) is 11.7 Å². The fourth-order valence-electron chi connectivity index (χ4n) is 0.819. The summed E-state index contributed by atoms with van der Waals surface area (Å²) in [6, 6.07) is 0. The van der Waals surface area contributed by atoms with E-state index in [4.69, 9.17) is 11.6 Å². The van der Waals surface area contributed by atoms with Crippen LogP contribution in [0, 0.1) is 0 Å². The Kier molecular flexibility index (Phi) is 6.33. The molecule has 0 saturated carbocycles. The third-order valence-corrected chi connectivity index (χ3v) is 1.91. The van der Waals surface area contributed by atoms with Crippen LogP contribution >= 0.6 is 11.6 Å². The zero-order chi connectivity index (χ0) is 8.69. The number of hydrogen-bond donors (Lipinski definition) is 0. The van der Waals surface area contributed by atoms with Gasteiger partial charge in [-0.1, -0.05) is 26.2 Å². The summed E-state index contributed by atoms with van der Waals surface area (Å²) < 4.78 is 4.47. The minimum absolute atomic E-state index is 0.317. The van der Waals surface area contributed by atoms with Crippen molar-refractivity contribution in [2.24, 2.45) is 0 Å². The molecule has 0 aromatic heterocycles. The van der Waals surface area contributed by atoms with Crippen LogP contribution in [-0.4, -0.2) is 18.5 Å². The van der Waals surface area contributed by atoms with Crippen molar-refractivity contribution in [3.8, 4) is 0 Å². The van der Waals surface area contributed by atoms with Crippen molar-refractivity contribution >= 4 is 17.6 Å². The third kappa shape index (κ3) is 5.08. The Balaban J connectivity index is 3.36. The van der Waals surface area contributed by atoms with Gasteiger partial charge in [0.15, 0.2) is 0 Å². The van der Waals surface area contributed by atoms with Gasteiger partial charge in [-0.2, -0.15) is 0 Å². The molecule has 0 aliphatic heterocycles. The SMILES string of the molecule is CCCCC[C@H](Cl)C(=O)OC. The van der Waals surface area contributed by atoms with Crippen molar-refractivity contribution in [1.29, 1.82) is 0 Å². The van der Waals surface area contributed by atoms with Crippen LogP contribution in [0.4, 0.5) is 0 Å². The van der Waals surface area contributed by atoms with Gasteiger partial charge in [-0.25, -0.2) is 0 Å². The summed E-state index contributed by atoms with van der Waals surface area (Å²) in [6.45, 7) is 2.11. The summed E-state index contributed by atoms with van der Waals surface area (Å²) in [6.07, 6.45) is 3.99. The molecule has 0 aromatic carbocycles. The Hall–Kier alpha value is -0.240. The van der Waals surface area contributed by atoms with E-state index in [0.717, 1.165) is 25.7 Å². The van der Waals surface area contributed by atoms with E-state index in [9.17, 15) is 4.79 Å². The lowest BCUT2D eigenvalue weighted by atomic mass is 10.1. The molecule has 0 amide bonds. The van der Waals surface area contributed by atoms with Crippen molar-refractivity contribution in [2.45, 2.75) is 38.0 Å². The summed E-state index contributed by atoms with van der Waals surface area (Å²) >= 11 is 5.69. The topological polar surface area (TPSA) is 26.3 Å². The van der Waals surface area contributed by atoms with Gasteiger partial charge in [-0.05, 0) is 6.42 Å². The minimum atomic E-state index is -0.452. The molecule has 0 aliphatic carbocycles. The molecule has 0 unspecified atom stereocenters. The van der Waals surface area contributed by atoms with Gasteiger partial charge in [0.2, 0.25) is 0 Å². The van der Waals surface area contributed by atoms with Gasteiger partial charge in [0, 0.05) is 0 Å². The van der Waals surface area contributed by atoms with Gasteiger partial charge >= 0.3 is 5.97 Å². The maximum Gasteiger partial charge on any atom is 0.323 e. The molecule has 0 aliphatic rings. The molecule has 3 heteroatoms. The first kappa shape index (κ1) is 10.8. The molecule has 2 nitrogen and oxygen atoms in total. The van der Waals surface area contributed by atoms with Crippen LogP contribution < -0.4 is 0 Å². The number of carbonyl (C=O) groups is 1. The highest BCUT2D eigenvalue weighted by Crippen LogP contribution is 2.09. The number of alkyl halides is 1. The highest BCUT2D eigenvalue weighted by molar-refractivity contribution is 6.29. The van der Waals surface area contributed by atoms with E-state index < -0.39 is 5.38 Å². The van der Waals surface area contributed by atoms with Crippen LogP contribution in [0.5, 0.6) is 0 Å².